The highest BCUT2D eigenvalue weighted by Crippen LogP contribution is 2.58. The van der Waals surface area contributed by atoms with Crippen LogP contribution in [0.25, 0.3) is 0 Å². The second-order valence-corrected chi connectivity index (χ2v) is 10.8. The van der Waals surface area contributed by atoms with Crippen molar-refractivity contribution < 1.29 is 29.0 Å². The number of amides is 2. The zero-order valence-corrected chi connectivity index (χ0v) is 22.3. The van der Waals surface area contributed by atoms with E-state index >= 15 is 0 Å². The fraction of sp³-hybridized carbons (Fsp3) is 0.567. The molecule has 4 heterocycles. The Balaban J connectivity index is 1.62. The number of nitrogens with zero attached hydrogens (tertiary/aromatic N) is 2. The summed E-state index contributed by atoms with van der Waals surface area (Å²) in [4.78, 5) is 45.5. The van der Waals surface area contributed by atoms with Crippen LogP contribution in [-0.2, 0) is 30.3 Å². The van der Waals surface area contributed by atoms with Gasteiger partial charge >= 0.3 is 5.97 Å². The summed E-state index contributed by atoms with van der Waals surface area (Å²) in [7, 11) is 0. The summed E-state index contributed by atoms with van der Waals surface area (Å²) in [5, 5.41) is 10.6. The molecule has 6 atom stereocenters. The molecular weight excluding hydrogens is 484 g/mol. The Labute approximate surface area is 224 Å². The second-order valence-electron chi connectivity index (χ2n) is 10.8. The van der Waals surface area contributed by atoms with Crippen LogP contribution < -0.4 is 0 Å². The number of carbonyl (C=O) groups excluding carboxylic acids is 3. The lowest BCUT2D eigenvalue weighted by molar-refractivity contribution is -0.161. The summed E-state index contributed by atoms with van der Waals surface area (Å²) < 4.78 is 12.4. The van der Waals surface area contributed by atoms with Crippen LogP contribution in [0.2, 0.25) is 0 Å². The smallest absolute Gasteiger partial charge is 0.313 e. The van der Waals surface area contributed by atoms with Crippen molar-refractivity contribution in [1.82, 2.24) is 9.80 Å². The minimum Gasteiger partial charge on any atom is -0.461 e. The molecule has 8 nitrogen and oxygen atoms in total. The van der Waals surface area contributed by atoms with Crippen molar-refractivity contribution in [3.63, 3.8) is 0 Å². The van der Waals surface area contributed by atoms with Crippen molar-refractivity contribution in [2.75, 3.05) is 26.3 Å². The van der Waals surface area contributed by atoms with Gasteiger partial charge in [0.2, 0.25) is 11.8 Å². The Bertz CT molecular complexity index is 1120. The monoisotopic (exact) mass is 522 g/mol. The maximum absolute atomic E-state index is 14.4. The number of carbonyl (C=O) groups is 3. The highest BCUT2D eigenvalue weighted by atomic mass is 16.6. The first-order valence-corrected chi connectivity index (χ1v) is 13.9. The van der Waals surface area contributed by atoms with Gasteiger partial charge in [0.1, 0.15) is 29.8 Å². The molecule has 1 aromatic rings. The van der Waals surface area contributed by atoms with Gasteiger partial charge in [-0.15, -0.1) is 0 Å². The van der Waals surface area contributed by atoms with Crippen LogP contribution in [0.3, 0.4) is 0 Å². The topological polar surface area (TPSA) is 96.4 Å². The lowest BCUT2D eigenvalue weighted by atomic mass is 9.73. The van der Waals surface area contributed by atoms with Gasteiger partial charge in [0.25, 0.3) is 0 Å². The molecule has 1 aromatic carbocycles. The molecule has 204 valence electrons. The number of likely N-dealkylation sites (tertiary alicyclic amines) is 1. The van der Waals surface area contributed by atoms with Gasteiger partial charge in [0.05, 0.1) is 18.6 Å². The SMILES string of the molecule is CCCCCN1CC=C[C@]23O[C@]4(CC)C=CCOC(=O)[C@@H]4[C@H]2C(=O)N([C@@H](CO)Cc2ccccc2)C3C1=O. The molecule has 5 rings (SSSR count). The maximum Gasteiger partial charge on any atom is 0.313 e. The van der Waals surface area contributed by atoms with Crippen LogP contribution >= 0.6 is 0 Å². The average molecular weight is 523 g/mol. The van der Waals surface area contributed by atoms with E-state index < -0.39 is 41.1 Å². The fourth-order valence-electron chi connectivity index (χ4n) is 6.87. The summed E-state index contributed by atoms with van der Waals surface area (Å²) >= 11 is 0. The quantitative estimate of drug-likeness (QED) is 0.304. The van der Waals surface area contributed by atoms with E-state index in [1.807, 2.05) is 55.5 Å². The minimum absolute atomic E-state index is 0.120. The second kappa shape index (κ2) is 10.7. The predicted molar refractivity (Wildman–Crippen MR) is 141 cm³/mol. The van der Waals surface area contributed by atoms with E-state index in [2.05, 4.69) is 6.92 Å². The molecule has 0 radical (unpaired) electrons. The Morgan fingerprint density at radius 3 is 2.53 bits per heavy atom. The number of ether oxygens (including phenoxy) is 2. The summed E-state index contributed by atoms with van der Waals surface area (Å²) in [5.74, 6) is -2.84. The molecule has 4 aliphatic rings. The molecule has 4 aliphatic heterocycles. The number of hydrogen-bond donors (Lipinski definition) is 1. The number of fused-ring (bicyclic) bond motifs is 2. The van der Waals surface area contributed by atoms with Gasteiger partial charge in [-0.1, -0.05) is 75.2 Å². The van der Waals surface area contributed by atoms with Crippen molar-refractivity contribution in [2.24, 2.45) is 11.8 Å². The zero-order valence-electron chi connectivity index (χ0n) is 22.3. The van der Waals surface area contributed by atoms with Crippen LogP contribution in [-0.4, -0.2) is 82.3 Å². The predicted octanol–water partition coefficient (Wildman–Crippen LogP) is 2.65. The van der Waals surface area contributed by atoms with Gasteiger partial charge < -0.3 is 24.4 Å². The van der Waals surface area contributed by atoms with Gasteiger partial charge in [0, 0.05) is 13.1 Å². The Morgan fingerprint density at radius 2 is 1.82 bits per heavy atom. The molecule has 2 amide bonds. The van der Waals surface area contributed by atoms with E-state index in [4.69, 9.17) is 9.47 Å². The normalized spacial score (nSPS) is 32.9. The number of rotatable bonds is 9. The van der Waals surface area contributed by atoms with Gasteiger partial charge in [-0.05, 0) is 30.9 Å². The molecule has 0 aromatic heterocycles. The number of aliphatic hydroxyl groups excluding tert-OH is 1. The first-order chi connectivity index (χ1) is 18.4. The number of esters is 1. The van der Waals surface area contributed by atoms with Gasteiger partial charge in [0.15, 0.2) is 0 Å². The molecule has 1 spiro atoms. The van der Waals surface area contributed by atoms with E-state index in [-0.39, 0.29) is 25.0 Å². The fourth-order valence-corrected chi connectivity index (χ4v) is 6.87. The molecule has 0 aliphatic carbocycles. The van der Waals surface area contributed by atoms with Crippen molar-refractivity contribution in [3.8, 4) is 0 Å². The number of cyclic esters (lactones) is 1. The van der Waals surface area contributed by atoms with Gasteiger partial charge in [-0.2, -0.15) is 0 Å². The molecule has 8 heteroatoms. The Morgan fingerprint density at radius 1 is 1.03 bits per heavy atom. The standard InChI is InChI=1S/C30H38N2O6/c1-3-5-9-16-31-17-10-15-30-23(24-28(36)37-18-11-14-29(24,4-2)38-30)26(34)32(25(30)27(31)35)22(20-33)19-21-12-7-6-8-13-21/h6-8,10-15,22-25,33H,3-5,9,16-20H2,1-2H3/t22-,23+,24+,25?,29-,30+/m1/s1. The number of unbranched alkanes of at least 4 members (excludes halogenated alkanes) is 2. The summed E-state index contributed by atoms with van der Waals surface area (Å²) in [6.45, 7) is 4.82. The van der Waals surface area contributed by atoms with Gasteiger partial charge in [-0.3, -0.25) is 14.4 Å². The van der Waals surface area contributed by atoms with Crippen LogP contribution in [0.1, 0.15) is 45.1 Å². The number of hydrogen-bond acceptors (Lipinski definition) is 6. The lowest BCUT2D eigenvalue weighted by Crippen LogP contribution is -2.59. The molecule has 38 heavy (non-hydrogen) atoms. The third-order valence-electron chi connectivity index (χ3n) is 8.67. The number of benzene rings is 1. The van der Waals surface area contributed by atoms with E-state index in [9.17, 15) is 19.5 Å². The molecule has 1 unspecified atom stereocenters. The van der Waals surface area contributed by atoms with Crippen LogP contribution in [0.5, 0.6) is 0 Å². The summed E-state index contributed by atoms with van der Waals surface area (Å²) in [6, 6.07) is 7.98. The molecular formula is C30H38N2O6. The first-order valence-electron chi connectivity index (χ1n) is 13.9. The maximum atomic E-state index is 14.4. The van der Waals surface area contributed by atoms with E-state index in [0.29, 0.717) is 25.9 Å². The van der Waals surface area contributed by atoms with Crippen LogP contribution in [0.4, 0.5) is 0 Å². The van der Waals surface area contributed by atoms with E-state index in [1.54, 1.807) is 11.0 Å². The Hall–Kier alpha value is -2.97. The van der Waals surface area contributed by atoms with Crippen molar-refractivity contribution >= 4 is 17.8 Å². The molecule has 1 N–H and O–H groups in total. The molecule has 0 saturated carbocycles. The highest BCUT2D eigenvalue weighted by Gasteiger charge is 2.76. The van der Waals surface area contributed by atoms with Gasteiger partial charge in [-0.25, -0.2) is 0 Å². The third kappa shape index (κ3) is 4.18. The van der Waals surface area contributed by atoms with Crippen molar-refractivity contribution in [2.45, 2.75) is 69.2 Å². The molecule has 2 saturated heterocycles. The lowest BCUT2D eigenvalue weighted by Gasteiger charge is -2.40. The van der Waals surface area contributed by atoms with Crippen LogP contribution in [0, 0.1) is 11.8 Å². The number of aliphatic hydroxyl groups is 1. The minimum atomic E-state index is -1.33. The summed E-state index contributed by atoms with van der Waals surface area (Å²) in [6.07, 6.45) is 11.1. The van der Waals surface area contributed by atoms with E-state index in [0.717, 1.165) is 24.8 Å². The largest absolute Gasteiger partial charge is 0.461 e. The van der Waals surface area contributed by atoms with E-state index in [1.165, 1.54) is 4.90 Å². The van der Waals surface area contributed by atoms with Crippen LogP contribution in [0.15, 0.2) is 54.6 Å². The summed E-state index contributed by atoms with van der Waals surface area (Å²) in [5.41, 5.74) is -1.43. The first kappa shape index (κ1) is 26.6. The van der Waals surface area contributed by atoms with Crippen molar-refractivity contribution in [1.29, 1.82) is 0 Å². The molecule has 2 fully saturated rings. The average Bonchev–Trinajstić information content (AvgIpc) is 3.21. The highest BCUT2D eigenvalue weighted by molar-refractivity contribution is 5.99. The molecule has 0 bridgehead atoms. The zero-order chi connectivity index (χ0) is 26.9. The van der Waals surface area contributed by atoms with Crippen molar-refractivity contribution in [3.05, 3.63) is 60.2 Å². The third-order valence-corrected chi connectivity index (χ3v) is 8.67. The Kier molecular flexibility index (Phi) is 7.47.